The molecule has 0 saturated heterocycles. The lowest BCUT2D eigenvalue weighted by molar-refractivity contribution is 0.0641. The van der Waals surface area contributed by atoms with E-state index in [9.17, 15) is 9.59 Å². The van der Waals surface area contributed by atoms with Crippen LogP contribution in [0.2, 0.25) is 0 Å². The number of aryl methyl sites for hydroxylation is 2. The molecule has 1 amide bonds. The predicted octanol–water partition coefficient (Wildman–Crippen LogP) is 4.09. The Morgan fingerprint density at radius 1 is 1.03 bits per heavy atom. The SMILES string of the molecule is Cc1ccc(C2(Cc3nc(=O)c(C)c4n3CCN(C(C)C)C4=O)CCCC2)cc1C. The van der Waals surface area contributed by atoms with E-state index in [1.807, 2.05) is 23.3 Å². The van der Waals surface area contributed by atoms with Crippen molar-refractivity contribution >= 4 is 5.91 Å². The monoisotopic (exact) mass is 407 g/mol. The molecule has 1 saturated carbocycles. The molecule has 0 radical (unpaired) electrons. The average Bonchev–Trinajstić information content (AvgIpc) is 3.17. The van der Waals surface area contributed by atoms with Crippen molar-refractivity contribution in [3.8, 4) is 0 Å². The van der Waals surface area contributed by atoms with Crippen LogP contribution in [0.3, 0.4) is 0 Å². The molecule has 1 aliphatic carbocycles. The summed E-state index contributed by atoms with van der Waals surface area (Å²) in [5, 5.41) is 0. The molecule has 160 valence electrons. The topological polar surface area (TPSA) is 55.2 Å². The van der Waals surface area contributed by atoms with E-state index in [-0.39, 0.29) is 22.9 Å². The summed E-state index contributed by atoms with van der Waals surface area (Å²) in [4.78, 5) is 32.3. The van der Waals surface area contributed by atoms with Crippen molar-refractivity contribution < 1.29 is 4.79 Å². The molecule has 5 heteroatoms. The molecule has 0 bridgehead atoms. The fraction of sp³-hybridized carbons (Fsp3) is 0.560. The highest BCUT2D eigenvalue weighted by Crippen LogP contribution is 2.44. The van der Waals surface area contributed by atoms with Crippen LogP contribution < -0.4 is 5.56 Å². The van der Waals surface area contributed by atoms with Gasteiger partial charge in [-0.1, -0.05) is 31.0 Å². The van der Waals surface area contributed by atoms with Crippen LogP contribution in [0.15, 0.2) is 23.0 Å². The fourth-order valence-corrected chi connectivity index (χ4v) is 5.28. The van der Waals surface area contributed by atoms with Crippen molar-refractivity contribution in [3.05, 3.63) is 62.3 Å². The van der Waals surface area contributed by atoms with E-state index in [4.69, 9.17) is 0 Å². The van der Waals surface area contributed by atoms with Crippen LogP contribution in [-0.2, 0) is 18.4 Å². The van der Waals surface area contributed by atoms with Gasteiger partial charge in [0.1, 0.15) is 11.5 Å². The van der Waals surface area contributed by atoms with E-state index in [0.29, 0.717) is 30.8 Å². The van der Waals surface area contributed by atoms with Gasteiger partial charge >= 0.3 is 0 Å². The summed E-state index contributed by atoms with van der Waals surface area (Å²) < 4.78 is 2.04. The van der Waals surface area contributed by atoms with Gasteiger partial charge < -0.3 is 9.47 Å². The van der Waals surface area contributed by atoms with Crippen LogP contribution in [-0.4, -0.2) is 32.9 Å². The Balaban J connectivity index is 1.81. The molecule has 30 heavy (non-hydrogen) atoms. The zero-order valence-electron chi connectivity index (χ0n) is 18.9. The minimum Gasteiger partial charge on any atom is -0.333 e. The summed E-state index contributed by atoms with van der Waals surface area (Å²) in [6.45, 7) is 11.5. The number of amides is 1. The Morgan fingerprint density at radius 3 is 2.37 bits per heavy atom. The molecular formula is C25H33N3O2. The van der Waals surface area contributed by atoms with Gasteiger partial charge in [0.2, 0.25) is 0 Å². The van der Waals surface area contributed by atoms with Crippen LogP contribution in [0.5, 0.6) is 0 Å². The summed E-state index contributed by atoms with van der Waals surface area (Å²) in [6, 6.07) is 6.89. The highest BCUT2D eigenvalue weighted by Gasteiger charge is 2.39. The van der Waals surface area contributed by atoms with Gasteiger partial charge in [0, 0.05) is 36.5 Å². The number of carbonyl (C=O) groups is 1. The molecule has 2 heterocycles. The number of hydrogen-bond donors (Lipinski definition) is 0. The lowest BCUT2D eigenvalue weighted by atomic mass is 9.75. The van der Waals surface area contributed by atoms with Crippen molar-refractivity contribution in [2.45, 2.75) is 84.7 Å². The van der Waals surface area contributed by atoms with E-state index in [2.05, 4.69) is 37.0 Å². The Bertz CT molecular complexity index is 1050. The Morgan fingerprint density at radius 2 is 1.73 bits per heavy atom. The van der Waals surface area contributed by atoms with Gasteiger partial charge in [-0.3, -0.25) is 9.59 Å². The van der Waals surface area contributed by atoms with Crippen LogP contribution in [0.25, 0.3) is 0 Å². The largest absolute Gasteiger partial charge is 0.333 e. The van der Waals surface area contributed by atoms with Gasteiger partial charge in [-0.2, -0.15) is 4.98 Å². The number of aromatic nitrogens is 2. The molecule has 1 aromatic carbocycles. The molecule has 0 spiro atoms. The molecule has 0 N–H and O–H groups in total. The highest BCUT2D eigenvalue weighted by atomic mass is 16.2. The molecule has 1 aliphatic heterocycles. The zero-order valence-corrected chi connectivity index (χ0v) is 18.9. The summed E-state index contributed by atoms with van der Waals surface area (Å²) in [6.07, 6.45) is 5.29. The Hall–Kier alpha value is -2.43. The molecule has 4 rings (SSSR count). The maximum atomic E-state index is 13.2. The number of hydrogen-bond acceptors (Lipinski definition) is 3. The molecule has 2 aliphatic rings. The second-order valence-corrected chi connectivity index (χ2v) is 9.51. The Kier molecular flexibility index (Phi) is 5.33. The van der Waals surface area contributed by atoms with Gasteiger partial charge in [0.05, 0.1) is 0 Å². The maximum absolute atomic E-state index is 13.2. The van der Waals surface area contributed by atoms with Crippen LogP contribution in [0.1, 0.15) is 78.1 Å². The summed E-state index contributed by atoms with van der Waals surface area (Å²) in [5.41, 5.74) is 4.69. The number of benzene rings is 1. The third-order valence-electron chi connectivity index (χ3n) is 7.32. The van der Waals surface area contributed by atoms with E-state index in [1.54, 1.807) is 6.92 Å². The maximum Gasteiger partial charge on any atom is 0.276 e. The molecule has 0 atom stereocenters. The fourth-order valence-electron chi connectivity index (χ4n) is 5.28. The smallest absolute Gasteiger partial charge is 0.276 e. The first-order valence-corrected chi connectivity index (χ1v) is 11.2. The minimum atomic E-state index is -0.261. The van der Waals surface area contributed by atoms with Crippen molar-refractivity contribution in [1.82, 2.24) is 14.5 Å². The normalized spacial score (nSPS) is 18.2. The second kappa shape index (κ2) is 7.68. The first kappa shape index (κ1) is 20.8. The van der Waals surface area contributed by atoms with Crippen molar-refractivity contribution in [1.29, 1.82) is 0 Å². The molecule has 1 aromatic heterocycles. The number of nitrogens with zero attached hydrogens (tertiary/aromatic N) is 3. The van der Waals surface area contributed by atoms with Gasteiger partial charge in [0.25, 0.3) is 11.5 Å². The average molecular weight is 408 g/mol. The zero-order chi connectivity index (χ0) is 21.6. The van der Waals surface area contributed by atoms with Crippen LogP contribution in [0, 0.1) is 20.8 Å². The number of carbonyl (C=O) groups excluding carboxylic acids is 1. The van der Waals surface area contributed by atoms with Crippen molar-refractivity contribution in [2.75, 3.05) is 6.54 Å². The summed E-state index contributed by atoms with van der Waals surface area (Å²) in [5.74, 6) is 0.735. The minimum absolute atomic E-state index is 0.00778. The Labute approximate surface area is 179 Å². The molecule has 2 aromatic rings. The van der Waals surface area contributed by atoms with Gasteiger partial charge in [-0.05, 0) is 64.2 Å². The van der Waals surface area contributed by atoms with Crippen molar-refractivity contribution in [3.63, 3.8) is 0 Å². The third-order valence-corrected chi connectivity index (χ3v) is 7.32. The van der Waals surface area contributed by atoms with Gasteiger partial charge in [0.15, 0.2) is 0 Å². The molecule has 1 fully saturated rings. The number of rotatable bonds is 4. The van der Waals surface area contributed by atoms with Crippen molar-refractivity contribution in [2.24, 2.45) is 0 Å². The summed E-state index contributed by atoms with van der Waals surface area (Å²) in [7, 11) is 0. The lowest BCUT2D eigenvalue weighted by Crippen LogP contribution is -2.47. The molecule has 5 nitrogen and oxygen atoms in total. The lowest BCUT2D eigenvalue weighted by Gasteiger charge is -2.36. The predicted molar refractivity (Wildman–Crippen MR) is 119 cm³/mol. The quantitative estimate of drug-likeness (QED) is 0.767. The van der Waals surface area contributed by atoms with Gasteiger partial charge in [-0.15, -0.1) is 0 Å². The van der Waals surface area contributed by atoms with Crippen LogP contribution >= 0.6 is 0 Å². The van der Waals surface area contributed by atoms with Crippen LogP contribution in [0.4, 0.5) is 0 Å². The van der Waals surface area contributed by atoms with E-state index < -0.39 is 0 Å². The first-order valence-electron chi connectivity index (χ1n) is 11.2. The summed E-state index contributed by atoms with van der Waals surface area (Å²) >= 11 is 0. The standard InChI is InChI=1S/C25H33N3O2/c1-16(2)27-12-13-28-21(26-23(29)19(5)22(28)24(27)30)15-25(10-6-7-11-25)20-9-8-17(3)18(4)14-20/h8-9,14,16H,6-7,10-13,15H2,1-5H3. The first-order chi connectivity index (χ1) is 14.2. The van der Waals surface area contributed by atoms with E-state index in [1.165, 1.54) is 29.5 Å². The van der Waals surface area contributed by atoms with Gasteiger partial charge in [-0.25, -0.2) is 0 Å². The second-order valence-electron chi connectivity index (χ2n) is 9.51. The molecular weight excluding hydrogens is 374 g/mol. The van der Waals surface area contributed by atoms with E-state index >= 15 is 0 Å². The third kappa shape index (κ3) is 3.38. The number of fused-ring (bicyclic) bond motifs is 1. The van der Waals surface area contributed by atoms with E-state index in [0.717, 1.165) is 18.7 Å². The highest BCUT2D eigenvalue weighted by molar-refractivity contribution is 5.94. The molecule has 0 unspecified atom stereocenters.